The predicted octanol–water partition coefficient (Wildman–Crippen LogP) is 3.08. The van der Waals surface area contributed by atoms with Crippen LogP contribution in [0.5, 0.6) is 5.75 Å². The zero-order chi connectivity index (χ0) is 16.8. The summed E-state index contributed by atoms with van der Waals surface area (Å²) in [6.07, 6.45) is 0. The number of para-hydroxylation sites is 3. The van der Waals surface area contributed by atoms with E-state index in [9.17, 15) is 4.79 Å². The molecule has 0 aromatic heterocycles. The average molecular weight is 312 g/mol. The normalized spacial score (nSPS) is 11.0. The Morgan fingerprint density at radius 2 is 1.74 bits per heavy atom. The molecule has 0 aliphatic carbocycles. The molecule has 0 fully saturated rings. The molecule has 0 aliphatic heterocycles. The Bertz CT molecular complexity index is 721. The van der Waals surface area contributed by atoms with Gasteiger partial charge in [0.15, 0.2) is 0 Å². The highest BCUT2D eigenvalue weighted by atomic mass is 16.5. The third-order valence-corrected chi connectivity index (χ3v) is 3.27. The largest absolute Gasteiger partial charge is 0.495 e. The third-order valence-electron chi connectivity index (χ3n) is 3.27. The number of urea groups is 1. The van der Waals surface area contributed by atoms with Crippen LogP contribution in [-0.4, -0.2) is 19.1 Å². The summed E-state index contributed by atoms with van der Waals surface area (Å²) in [7, 11) is 1.54. The summed E-state index contributed by atoms with van der Waals surface area (Å²) in [5.41, 5.74) is 9.09. The van der Waals surface area contributed by atoms with Crippen molar-refractivity contribution in [3.05, 3.63) is 53.6 Å². The number of nitrogens with one attached hydrogen (secondary N) is 2. The first-order chi connectivity index (χ1) is 11.0. The molecule has 0 bridgehead atoms. The molecule has 2 aromatic rings. The van der Waals surface area contributed by atoms with Crippen LogP contribution in [0, 0.1) is 13.8 Å². The first-order valence-electron chi connectivity index (χ1n) is 7.12. The Kier molecular flexibility index (Phi) is 5.19. The highest BCUT2D eigenvalue weighted by Gasteiger charge is 2.08. The van der Waals surface area contributed by atoms with Crippen LogP contribution >= 0.6 is 0 Å². The zero-order valence-electron chi connectivity index (χ0n) is 13.4. The van der Waals surface area contributed by atoms with Gasteiger partial charge < -0.3 is 15.8 Å². The first-order valence-corrected chi connectivity index (χ1v) is 7.12. The van der Waals surface area contributed by atoms with Crippen LogP contribution in [0.25, 0.3) is 0 Å². The van der Waals surface area contributed by atoms with Gasteiger partial charge in [0.2, 0.25) is 5.96 Å². The summed E-state index contributed by atoms with van der Waals surface area (Å²) in [5, 5.41) is 5.18. The maximum atomic E-state index is 12.0. The number of anilines is 1. The van der Waals surface area contributed by atoms with Crippen LogP contribution in [0.2, 0.25) is 0 Å². The van der Waals surface area contributed by atoms with E-state index in [0.29, 0.717) is 11.4 Å². The number of benzene rings is 2. The van der Waals surface area contributed by atoms with E-state index in [-0.39, 0.29) is 5.96 Å². The molecule has 2 amide bonds. The SMILES string of the molecule is COc1ccccc1NC(=O)NC(N)=Nc1c(C)cccc1C. The number of hydrogen-bond acceptors (Lipinski definition) is 3. The van der Waals surface area contributed by atoms with E-state index in [1.807, 2.05) is 38.1 Å². The maximum absolute atomic E-state index is 12.0. The molecule has 23 heavy (non-hydrogen) atoms. The summed E-state index contributed by atoms with van der Waals surface area (Å²) in [4.78, 5) is 16.3. The van der Waals surface area contributed by atoms with Crippen molar-refractivity contribution < 1.29 is 9.53 Å². The fourth-order valence-electron chi connectivity index (χ4n) is 2.15. The Morgan fingerprint density at radius 1 is 1.09 bits per heavy atom. The zero-order valence-corrected chi connectivity index (χ0v) is 13.4. The number of aliphatic imine (C=N–C) groups is 1. The van der Waals surface area contributed by atoms with Gasteiger partial charge in [-0.3, -0.25) is 5.32 Å². The number of amides is 2. The van der Waals surface area contributed by atoms with Gasteiger partial charge in [0.05, 0.1) is 18.5 Å². The maximum Gasteiger partial charge on any atom is 0.326 e. The average Bonchev–Trinajstić information content (AvgIpc) is 2.51. The smallest absolute Gasteiger partial charge is 0.326 e. The minimum atomic E-state index is -0.484. The number of methoxy groups -OCH3 is 1. The molecule has 0 heterocycles. The molecule has 0 saturated heterocycles. The van der Waals surface area contributed by atoms with Crippen LogP contribution in [0.1, 0.15) is 11.1 Å². The Balaban J connectivity index is 2.09. The molecule has 120 valence electrons. The van der Waals surface area contributed by atoms with E-state index >= 15 is 0 Å². The number of rotatable bonds is 3. The van der Waals surface area contributed by atoms with E-state index in [0.717, 1.165) is 16.8 Å². The molecule has 2 aromatic carbocycles. The van der Waals surface area contributed by atoms with Crippen molar-refractivity contribution in [2.45, 2.75) is 13.8 Å². The number of hydrogen-bond donors (Lipinski definition) is 3. The van der Waals surface area contributed by atoms with E-state index in [2.05, 4.69) is 15.6 Å². The van der Waals surface area contributed by atoms with Crippen LogP contribution < -0.4 is 21.1 Å². The van der Waals surface area contributed by atoms with Crippen molar-refractivity contribution in [3.63, 3.8) is 0 Å². The monoisotopic (exact) mass is 312 g/mol. The summed E-state index contributed by atoms with van der Waals surface area (Å²) >= 11 is 0. The molecule has 0 aliphatic rings. The highest BCUT2D eigenvalue weighted by Crippen LogP contribution is 2.23. The number of nitrogens with two attached hydrogens (primary N) is 1. The van der Waals surface area contributed by atoms with Crippen LogP contribution in [0.3, 0.4) is 0 Å². The molecule has 6 heteroatoms. The van der Waals surface area contributed by atoms with Crippen molar-refractivity contribution in [2.24, 2.45) is 10.7 Å². The van der Waals surface area contributed by atoms with E-state index in [1.165, 1.54) is 7.11 Å². The molecule has 0 saturated carbocycles. The molecular weight excluding hydrogens is 292 g/mol. The molecule has 0 unspecified atom stereocenters. The van der Waals surface area contributed by atoms with E-state index in [4.69, 9.17) is 10.5 Å². The van der Waals surface area contributed by atoms with Crippen molar-refractivity contribution in [2.75, 3.05) is 12.4 Å². The number of carbonyl (C=O) groups is 1. The number of carbonyl (C=O) groups excluding carboxylic acids is 1. The molecule has 4 N–H and O–H groups in total. The lowest BCUT2D eigenvalue weighted by Crippen LogP contribution is -2.39. The third kappa shape index (κ3) is 4.23. The molecule has 0 radical (unpaired) electrons. The van der Waals surface area contributed by atoms with Crippen molar-refractivity contribution in [3.8, 4) is 5.75 Å². The summed E-state index contributed by atoms with van der Waals surface area (Å²) in [5.74, 6) is 0.586. The second-order valence-corrected chi connectivity index (χ2v) is 5.02. The lowest BCUT2D eigenvalue weighted by Gasteiger charge is -2.11. The van der Waals surface area contributed by atoms with Gasteiger partial charge in [0.25, 0.3) is 0 Å². The van der Waals surface area contributed by atoms with E-state index < -0.39 is 6.03 Å². The van der Waals surface area contributed by atoms with Gasteiger partial charge in [-0.1, -0.05) is 30.3 Å². The summed E-state index contributed by atoms with van der Waals surface area (Å²) in [6, 6.07) is 12.4. The van der Waals surface area contributed by atoms with Gasteiger partial charge in [0, 0.05) is 0 Å². The minimum absolute atomic E-state index is 0.0230. The molecule has 0 spiro atoms. The van der Waals surface area contributed by atoms with Crippen LogP contribution in [-0.2, 0) is 0 Å². The Morgan fingerprint density at radius 3 is 2.39 bits per heavy atom. The first kappa shape index (κ1) is 16.4. The number of nitrogens with zero attached hydrogens (tertiary/aromatic N) is 1. The standard InChI is InChI=1S/C17H20N4O2/c1-11-7-6-8-12(2)15(11)20-16(18)21-17(22)19-13-9-4-5-10-14(13)23-3/h4-10H,1-3H3,(H4,18,19,20,21,22). The van der Waals surface area contributed by atoms with Crippen molar-refractivity contribution in [1.29, 1.82) is 0 Å². The lowest BCUT2D eigenvalue weighted by atomic mass is 10.1. The van der Waals surface area contributed by atoms with E-state index in [1.54, 1.807) is 18.2 Å². The number of guanidine groups is 1. The van der Waals surface area contributed by atoms with Crippen molar-refractivity contribution >= 4 is 23.4 Å². The fourth-order valence-corrected chi connectivity index (χ4v) is 2.15. The van der Waals surface area contributed by atoms with Gasteiger partial charge in [-0.05, 0) is 37.1 Å². The van der Waals surface area contributed by atoms with Crippen LogP contribution in [0.4, 0.5) is 16.2 Å². The highest BCUT2D eigenvalue weighted by molar-refractivity contribution is 6.03. The Hall–Kier alpha value is -3.02. The van der Waals surface area contributed by atoms with Gasteiger partial charge in [-0.15, -0.1) is 0 Å². The molecule has 2 rings (SSSR count). The topological polar surface area (TPSA) is 88.7 Å². The fraction of sp³-hybridized carbons (Fsp3) is 0.176. The quantitative estimate of drug-likeness (QED) is 0.601. The summed E-state index contributed by atoms with van der Waals surface area (Å²) < 4.78 is 5.17. The van der Waals surface area contributed by atoms with Crippen molar-refractivity contribution in [1.82, 2.24) is 5.32 Å². The van der Waals surface area contributed by atoms with Gasteiger partial charge in [-0.25, -0.2) is 9.79 Å². The van der Waals surface area contributed by atoms with Gasteiger partial charge in [-0.2, -0.15) is 0 Å². The number of ether oxygens (including phenoxy) is 1. The molecule has 0 atom stereocenters. The molecular formula is C17H20N4O2. The predicted molar refractivity (Wildman–Crippen MR) is 92.3 cm³/mol. The lowest BCUT2D eigenvalue weighted by molar-refractivity contribution is 0.256. The van der Waals surface area contributed by atoms with Crippen LogP contribution in [0.15, 0.2) is 47.5 Å². The van der Waals surface area contributed by atoms with Gasteiger partial charge >= 0.3 is 6.03 Å². The Labute approximate surface area is 135 Å². The van der Waals surface area contributed by atoms with Gasteiger partial charge in [0.1, 0.15) is 5.75 Å². The second kappa shape index (κ2) is 7.31. The molecule has 6 nitrogen and oxygen atoms in total. The minimum Gasteiger partial charge on any atom is -0.495 e. The number of aryl methyl sites for hydroxylation is 2. The summed E-state index contributed by atoms with van der Waals surface area (Å²) in [6.45, 7) is 3.88. The second-order valence-electron chi connectivity index (χ2n) is 5.02.